The van der Waals surface area contributed by atoms with Crippen LogP contribution in [0, 0.1) is 17.8 Å². The number of nitrogens with one attached hydrogen (secondary N) is 1. The maximum absolute atomic E-state index is 11.3. The molecule has 0 aliphatic carbocycles. The highest BCUT2D eigenvalue weighted by Gasteiger charge is 2.08. The third-order valence-corrected chi connectivity index (χ3v) is 4.64. The summed E-state index contributed by atoms with van der Waals surface area (Å²) in [6.07, 6.45) is 1.20. The van der Waals surface area contributed by atoms with Crippen LogP contribution in [0.25, 0.3) is 0 Å². The standard InChI is InChI=1S/C10H13NO.C10H12O.C10H14/c1-8(2)10(12)11-9-6-4-3-5-7-9;1-8(2)10(11)9-6-4-3-5-7-9;1-9(2)8-10-6-4-3-5-7-10/h3-8H,1-2H3,(H,11,12);3-8H,1-2H3;3-7,9H,8H2,1-2H3. The van der Waals surface area contributed by atoms with Crippen molar-refractivity contribution in [3.05, 3.63) is 102 Å². The van der Waals surface area contributed by atoms with E-state index < -0.39 is 0 Å². The van der Waals surface area contributed by atoms with Crippen LogP contribution in [0.2, 0.25) is 0 Å². The molecule has 0 spiro atoms. The van der Waals surface area contributed by atoms with Gasteiger partial charge in [-0.1, -0.05) is 120 Å². The molecule has 0 fully saturated rings. The van der Waals surface area contributed by atoms with Crippen molar-refractivity contribution in [2.45, 2.75) is 48.0 Å². The highest BCUT2D eigenvalue weighted by Crippen LogP contribution is 2.08. The largest absolute Gasteiger partial charge is 0.326 e. The molecule has 0 aliphatic rings. The average molecular weight is 446 g/mol. The quantitative estimate of drug-likeness (QED) is 0.395. The zero-order valence-electron chi connectivity index (χ0n) is 20.9. The minimum Gasteiger partial charge on any atom is -0.326 e. The fourth-order valence-corrected chi connectivity index (χ4v) is 2.83. The van der Waals surface area contributed by atoms with E-state index in [1.165, 1.54) is 12.0 Å². The molecule has 0 radical (unpaired) electrons. The van der Waals surface area contributed by atoms with Gasteiger partial charge in [0.25, 0.3) is 0 Å². The molecule has 176 valence electrons. The summed E-state index contributed by atoms with van der Waals surface area (Å²) in [5.74, 6) is 1.16. The molecule has 0 aromatic heterocycles. The van der Waals surface area contributed by atoms with Crippen molar-refractivity contribution >= 4 is 17.4 Å². The van der Waals surface area contributed by atoms with Gasteiger partial charge in [-0.25, -0.2) is 0 Å². The molecular formula is C30H39NO2. The number of hydrogen-bond donors (Lipinski definition) is 1. The van der Waals surface area contributed by atoms with E-state index in [9.17, 15) is 9.59 Å². The first kappa shape index (κ1) is 27.8. The molecule has 0 saturated carbocycles. The Morgan fingerprint density at radius 1 is 0.636 bits per heavy atom. The number of rotatable bonds is 6. The molecule has 0 aliphatic heterocycles. The Hall–Kier alpha value is -3.20. The summed E-state index contributed by atoms with van der Waals surface area (Å²) < 4.78 is 0. The summed E-state index contributed by atoms with van der Waals surface area (Å²) in [4.78, 5) is 22.5. The number of carbonyl (C=O) groups is 2. The maximum Gasteiger partial charge on any atom is 0.226 e. The van der Waals surface area contributed by atoms with E-state index in [1.807, 2.05) is 88.4 Å². The van der Waals surface area contributed by atoms with Crippen LogP contribution in [0.3, 0.4) is 0 Å². The first-order valence-electron chi connectivity index (χ1n) is 11.7. The van der Waals surface area contributed by atoms with Crippen LogP contribution in [0.1, 0.15) is 57.5 Å². The van der Waals surface area contributed by atoms with Gasteiger partial charge in [-0.05, 0) is 30.0 Å². The van der Waals surface area contributed by atoms with Crippen molar-refractivity contribution in [2.75, 3.05) is 5.32 Å². The van der Waals surface area contributed by atoms with Crippen LogP contribution in [0.4, 0.5) is 5.69 Å². The minimum absolute atomic E-state index is 0.0326. The third-order valence-electron chi connectivity index (χ3n) is 4.64. The Labute approximate surface area is 200 Å². The number of carbonyl (C=O) groups excluding carboxylic acids is 2. The van der Waals surface area contributed by atoms with E-state index in [1.54, 1.807) is 0 Å². The Kier molecular flexibility index (Phi) is 13.1. The monoisotopic (exact) mass is 445 g/mol. The first-order valence-corrected chi connectivity index (χ1v) is 11.7. The van der Waals surface area contributed by atoms with E-state index in [2.05, 4.69) is 49.5 Å². The average Bonchev–Trinajstić information content (AvgIpc) is 2.81. The molecule has 33 heavy (non-hydrogen) atoms. The topological polar surface area (TPSA) is 46.2 Å². The smallest absolute Gasteiger partial charge is 0.226 e. The molecule has 3 aromatic rings. The van der Waals surface area contributed by atoms with Gasteiger partial charge in [-0.3, -0.25) is 9.59 Å². The SMILES string of the molecule is CC(C)C(=O)Nc1ccccc1.CC(C)C(=O)c1ccccc1.CC(C)Cc1ccccc1. The number of Topliss-reactive ketones (excluding diaryl/α,β-unsaturated/α-hetero) is 1. The second kappa shape index (κ2) is 15.6. The zero-order chi connectivity index (χ0) is 24.6. The summed E-state index contributed by atoms with van der Waals surface area (Å²) in [5.41, 5.74) is 3.11. The molecule has 0 saturated heterocycles. The fraction of sp³-hybridized carbons (Fsp3) is 0.333. The summed E-state index contributed by atoms with van der Waals surface area (Å²) in [6.45, 7) is 12.1. The van der Waals surface area contributed by atoms with Gasteiger partial charge >= 0.3 is 0 Å². The molecule has 0 atom stereocenters. The van der Waals surface area contributed by atoms with Gasteiger partial charge in [0.15, 0.2) is 5.78 Å². The van der Waals surface area contributed by atoms with Crippen LogP contribution in [0.5, 0.6) is 0 Å². The van der Waals surface area contributed by atoms with E-state index in [0.29, 0.717) is 0 Å². The van der Waals surface area contributed by atoms with Crippen LogP contribution >= 0.6 is 0 Å². The van der Waals surface area contributed by atoms with Crippen molar-refractivity contribution < 1.29 is 9.59 Å². The van der Waals surface area contributed by atoms with Gasteiger partial charge in [0.1, 0.15) is 0 Å². The predicted molar refractivity (Wildman–Crippen MR) is 141 cm³/mol. The molecule has 3 heteroatoms. The summed E-state index contributed by atoms with van der Waals surface area (Å²) in [5, 5.41) is 2.80. The summed E-state index contributed by atoms with van der Waals surface area (Å²) in [7, 11) is 0. The van der Waals surface area contributed by atoms with Gasteiger partial charge in [-0.2, -0.15) is 0 Å². The summed E-state index contributed by atoms with van der Waals surface area (Å²) >= 11 is 0. The van der Waals surface area contributed by atoms with Gasteiger partial charge in [0.05, 0.1) is 0 Å². The second-order valence-electron chi connectivity index (χ2n) is 8.98. The molecule has 3 rings (SSSR count). The number of hydrogen-bond acceptors (Lipinski definition) is 2. The highest BCUT2D eigenvalue weighted by atomic mass is 16.1. The molecule has 0 unspecified atom stereocenters. The van der Waals surface area contributed by atoms with Gasteiger partial charge < -0.3 is 5.32 Å². The molecular weight excluding hydrogens is 406 g/mol. The lowest BCUT2D eigenvalue weighted by molar-refractivity contribution is -0.118. The maximum atomic E-state index is 11.3. The number of ketones is 1. The van der Waals surface area contributed by atoms with Gasteiger partial charge in [-0.15, -0.1) is 0 Å². The first-order chi connectivity index (χ1) is 15.7. The third kappa shape index (κ3) is 12.4. The van der Waals surface area contributed by atoms with E-state index in [-0.39, 0.29) is 23.5 Å². The van der Waals surface area contributed by atoms with Crippen LogP contribution in [-0.4, -0.2) is 11.7 Å². The van der Waals surface area contributed by atoms with Crippen molar-refractivity contribution in [1.82, 2.24) is 0 Å². The summed E-state index contributed by atoms with van der Waals surface area (Å²) in [6, 6.07) is 29.5. The Bertz CT molecular complexity index is 917. The minimum atomic E-state index is 0.0326. The van der Waals surface area contributed by atoms with Crippen molar-refractivity contribution in [3.63, 3.8) is 0 Å². The lowest BCUT2D eigenvalue weighted by Gasteiger charge is -2.06. The number of para-hydroxylation sites is 1. The van der Waals surface area contributed by atoms with Gasteiger partial charge in [0, 0.05) is 23.1 Å². The van der Waals surface area contributed by atoms with Crippen LogP contribution in [0.15, 0.2) is 91.0 Å². The fourth-order valence-electron chi connectivity index (χ4n) is 2.83. The lowest BCUT2D eigenvalue weighted by atomic mass is 10.0. The molecule has 3 aromatic carbocycles. The van der Waals surface area contributed by atoms with Crippen LogP contribution in [-0.2, 0) is 11.2 Å². The Morgan fingerprint density at radius 3 is 1.52 bits per heavy atom. The number of anilines is 1. The van der Waals surface area contributed by atoms with E-state index in [0.717, 1.165) is 17.2 Å². The van der Waals surface area contributed by atoms with E-state index >= 15 is 0 Å². The number of benzene rings is 3. The normalized spacial score (nSPS) is 10.1. The Balaban J connectivity index is 0.000000249. The molecule has 0 heterocycles. The molecule has 3 nitrogen and oxygen atoms in total. The lowest BCUT2D eigenvalue weighted by Crippen LogP contribution is -2.17. The zero-order valence-corrected chi connectivity index (χ0v) is 20.9. The van der Waals surface area contributed by atoms with Crippen molar-refractivity contribution in [1.29, 1.82) is 0 Å². The predicted octanol–water partition coefficient (Wildman–Crippen LogP) is 7.69. The van der Waals surface area contributed by atoms with Crippen molar-refractivity contribution in [3.8, 4) is 0 Å². The van der Waals surface area contributed by atoms with Gasteiger partial charge in [0.2, 0.25) is 5.91 Å². The van der Waals surface area contributed by atoms with Crippen LogP contribution < -0.4 is 5.32 Å². The Morgan fingerprint density at radius 2 is 1.09 bits per heavy atom. The second-order valence-corrected chi connectivity index (χ2v) is 8.98. The molecule has 1 N–H and O–H groups in total. The van der Waals surface area contributed by atoms with E-state index in [4.69, 9.17) is 0 Å². The molecule has 1 amide bonds. The van der Waals surface area contributed by atoms with Crippen molar-refractivity contribution in [2.24, 2.45) is 17.8 Å². The highest BCUT2D eigenvalue weighted by molar-refractivity contribution is 5.97. The number of amides is 1. The molecule has 0 bridgehead atoms.